The topological polar surface area (TPSA) is 82.8 Å². The molecule has 3 heterocycles. The molecule has 1 aliphatic rings. The van der Waals surface area contributed by atoms with Crippen molar-refractivity contribution in [2.45, 2.75) is 19.8 Å². The SMILES string of the molecule is CCCc1cc(=O)n2nc(N3CCN(CC(=O)Nc4ccc(Cl)cc4)CC3)sc2n1. The Morgan fingerprint density at radius 1 is 1.20 bits per heavy atom. The van der Waals surface area contributed by atoms with E-state index in [0.29, 0.717) is 16.5 Å². The number of aryl methyl sites for hydroxylation is 1. The zero-order valence-electron chi connectivity index (χ0n) is 16.7. The Morgan fingerprint density at radius 2 is 1.93 bits per heavy atom. The molecule has 10 heteroatoms. The summed E-state index contributed by atoms with van der Waals surface area (Å²) in [5, 5.41) is 8.78. The molecule has 8 nitrogen and oxygen atoms in total. The van der Waals surface area contributed by atoms with Crippen molar-refractivity contribution < 1.29 is 4.79 Å². The molecule has 0 spiro atoms. The predicted molar refractivity (Wildman–Crippen MR) is 120 cm³/mol. The summed E-state index contributed by atoms with van der Waals surface area (Å²) in [4.78, 5) is 34.0. The summed E-state index contributed by atoms with van der Waals surface area (Å²) in [6, 6.07) is 8.64. The third-order valence-electron chi connectivity index (χ3n) is 4.93. The Labute approximate surface area is 183 Å². The lowest BCUT2D eigenvalue weighted by Gasteiger charge is -2.33. The molecule has 0 atom stereocenters. The van der Waals surface area contributed by atoms with Gasteiger partial charge in [0, 0.05) is 48.6 Å². The molecule has 0 radical (unpaired) electrons. The van der Waals surface area contributed by atoms with Gasteiger partial charge in [-0.25, -0.2) is 4.98 Å². The minimum Gasteiger partial charge on any atom is -0.344 e. The number of anilines is 2. The van der Waals surface area contributed by atoms with Gasteiger partial charge in [-0.3, -0.25) is 14.5 Å². The molecule has 1 amide bonds. The first-order valence-corrected chi connectivity index (χ1v) is 11.1. The van der Waals surface area contributed by atoms with Crippen LogP contribution in [0.5, 0.6) is 0 Å². The summed E-state index contributed by atoms with van der Waals surface area (Å²) in [7, 11) is 0. The fraction of sp³-hybridized carbons (Fsp3) is 0.400. The number of carbonyl (C=O) groups is 1. The zero-order chi connectivity index (χ0) is 21.1. The van der Waals surface area contributed by atoms with Crippen molar-refractivity contribution in [1.82, 2.24) is 19.5 Å². The van der Waals surface area contributed by atoms with Gasteiger partial charge in [0.25, 0.3) is 5.56 Å². The molecule has 3 aromatic rings. The van der Waals surface area contributed by atoms with Crippen LogP contribution in [0.25, 0.3) is 4.96 Å². The summed E-state index contributed by atoms with van der Waals surface area (Å²) >= 11 is 7.31. The van der Waals surface area contributed by atoms with Gasteiger partial charge in [-0.05, 0) is 30.7 Å². The van der Waals surface area contributed by atoms with Gasteiger partial charge in [0.2, 0.25) is 16.0 Å². The Balaban J connectivity index is 1.35. The van der Waals surface area contributed by atoms with Crippen molar-refractivity contribution in [3.05, 3.63) is 51.4 Å². The summed E-state index contributed by atoms with van der Waals surface area (Å²) < 4.78 is 1.38. The third kappa shape index (κ3) is 4.80. The summed E-state index contributed by atoms with van der Waals surface area (Å²) in [6.07, 6.45) is 1.73. The number of halogens is 1. The maximum atomic E-state index is 12.3. The maximum Gasteiger partial charge on any atom is 0.275 e. The van der Waals surface area contributed by atoms with E-state index in [9.17, 15) is 9.59 Å². The number of rotatable bonds is 6. The predicted octanol–water partition coefficient (Wildman–Crippen LogP) is 2.52. The molecule has 1 aliphatic heterocycles. The molecule has 0 aliphatic carbocycles. The minimum atomic E-state index is -0.136. The van der Waals surface area contributed by atoms with E-state index in [4.69, 9.17) is 11.6 Å². The Morgan fingerprint density at radius 3 is 2.63 bits per heavy atom. The molecule has 158 valence electrons. The maximum absolute atomic E-state index is 12.3. The van der Waals surface area contributed by atoms with Gasteiger partial charge in [-0.2, -0.15) is 4.52 Å². The van der Waals surface area contributed by atoms with Crippen LogP contribution in [-0.4, -0.2) is 58.1 Å². The first-order valence-electron chi connectivity index (χ1n) is 9.94. The molecule has 0 saturated carbocycles. The Kier molecular flexibility index (Phi) is 6.31. The second-order valence-corrected chi connectivity index (χ2v) is 8.60. The van der Waals surface area contributed by atoms with Crippen molar-refractivity contribution in [1.29, 1.82) is 0 Å². The second kappa shape index (κ2) is 9.11. The molecule has 0 bridgehead atoms. The minimum absolute atomic E-state index is 0.0510. The van der Waals surface area contributed by atoms with E-state index < -0.39 is 0 Å². The van der Waals surface area contributed by atoms with Crippen LogP contribution >= 0.6 is 22.9 Å². The van der Waals surface area contributed by atoms with Crippen LogP contribution in [0.15, 0.2) is 35.1 Å². The average molecular weight is 447 g/mol. The van der Waals surface area contributed by atoms with Crippen molar-refractivity contribution in [3.8, 4) is 0 Å². The standard InChI is InChI=1S/C20H23ClN6O2S/c1-2-3-16-12-18(29)27-19(23-16)30-20(24-27)26-10-8-25(9-11-26)13-17(28)22-15-6-4-14(21)5-7-15/h4-7,12H,2-3,8-11,13H2,1H3,(H,22,28). The number of hydrogen-bond donors (Lipinski definition) is 1. The van der Waals surface area contributed by atoms with E-state index in [-0.39, 0.29) is 11.5 Å². The van der Waals surface area contributed by atoms with E-state index in [1.54, 1.807) is 30.3 Å². The number of nitrogens with zero attached hydrogens (tertiary/aromatic N) is 5. The van der Waals surface area contributed by atoms with Crippen LogP contribution in [0, 0.1) is 0 Å². The average Bonchev–Trinajstić information content (AvgIpc) is 3.15. The second-order valence-electron chi connectivity index (χ2n) is 7.23. The van der Waals surface area contributed by atoms with Crippen LogP contribution in [-0.2, 0) is 11.2 Å². The number of benzene rings is 1. The molecule has 30 heavy (non-hydrogen) atoms. The van der Waals surface area contributed by atoms with Gasteiger partial charge in [-0.15, -0.1) is 5.10 Å². The number of fused-ring (bicyclic) bond motifs is 1. The van der Waals surface area contributed by atoms with Crippen molar-refractivity contribution in [2.24, 2.45) is 0 Å². The summed E-state index contributed by atoms with van der Waals surface area (Å²) in [6.45, 7) is 5.37. The van der Waals surface area contributed by atoms with E-state index in [1.807, 2.05) is 0 Å². The van der Waals surface area contributed by atoms with Crippen LogP contribution in [0.3, 0.4) is 0 Å². The number of piperazine rings is 1. The van der Waals surface area contributed by atoms with E-state index >= 15 is 0 Å². The normalized spacial score (nSPS) is 14.9. The largest absolute Gasteiger partial charge is 0.344 e. The van der Waals surface area contributed by atoms with E-state index in [1.165, 1.54) is 15.9 Å². The van der Waals surface area contributed by atoms with Gasteiger partial charge in [0.1, 0.15) is 0 Å². The van der Waals surface area contributed by atoms with Crippen molar-refractivity contribution >= 4 is 44.6 Å². The van der Waals surface area contributed by atoms with Gasteiger partial charge < -0.3 is 10.2 Å². The highest BCUT2D eigenvalue weighted by molar-refractivity contribution is 7.20. The molecule has 1 fully saturated rings. The molecule has 1 saturated heterocycles. The first kappa shape index (κ1) is 20.8. The number of carbonyl (C=O) groups excluding carboxylic acids is 1. The van der Waals surface area contributed by atoms with Crippen molar-refractivity contribution in [2.75, 3.05) is 42.9 Å². The van der Waals surface area contributed by atoms with Crippen LogP contribution in [0.2, 0.25) is 5.02 Å². The number of hydrogen-bond acceptors (Lipinski definition) is 7. The van der Waals surface area contributed by atoms with Gasteiger partial charge in [0.05, 0.1) is 6.54 Å². The Bertz CT molecular complexity index is 1090. The summed E-state index contributed by atoms with van der Waals surface area (Å²) in [5.74, 6) is -0.0510. The fourth-order valence-corrected chi connectivity index (χ4v) is 4.50. The van der Waals surface area contributed by atoms with Crippen LogP contribution < -0.4 is 15.8 Å². The quantitative estimate of drug-likeness (QED) is 0.626. The van der Waals surface area contributed by atoms with Crippen LogP contribution in [0.1, 0.15) is 19.0 Å². The summed E-state index contributed by atoms with van der Waals surface area (Å²) in [5.41, 5.74) is 1.41. The number of nitrogens with one attached hydrogen (secondary N) is 1. The van der Waals surface area contributed by atoms with Gasteiger partial charge in [-0.1, -0.05) is 36.3 Å². The molecule has 4 rings (SSSR count). The highest BCUT2D eigenvalue weighted by Crippen LogP contribution is 2.23. The highest BCUT2D eigenvalue weighted by atomic mass is 35.5. The molecule has 2 aromatic heterocycles. The first-order chi connectivity index (χ1) is 14.5. The molecule has 0 unspecified atom stereocenters. The number of amides is 1. The lowest BCUT2D eigenvalue weighted by Crippen LogP contribution is -2.48. The third-order valence-corrected chi connectivity index (χ3v) is 6.15. The molecular weight excluding hydrogens is 424 g/mol. The Hall–Kier alpha value is -2.49. The zero-order valence-corrected chi connectivity index (χ0v) is 18.2. The fourth-order valence-electron chi connectivity index (χ4n) is 3.39. The monoisotopic (exact) mass is 446 g/mol. The van der Waals surface area contributed by atoms with Gasteiger partial charge in [0.15, 0.2) is 0 Å². The lowest BCUT2D eigenvalue weighted by molar-refractivity contribution is -0.117. The number of aromatic nitrogens is 3. The molecule has 1 aromatic carbocycles. The lowest BCUT2D eigenvalue weighted by atomic mass is 10.2. The smallest absolute Gasteiger partial charge is 0.275 e. The molecule has 1 N–H and O–H groups in total. The van der Waals surface area contributed by atoms with E-state index in [0.717, 1.165) is 55.5 Å². The van der Waals surface area contributed by atoms with Gasteiger partial charge >= 0.3 is 0 Å². The van der Waals surface area contributed by atoms with Crippen LogP contribution in [0.4, 0.5) is 10.8 Å². The van der Waals surface area contributed by atoms with E-state index in [2.05, 4.69) is 32.1 Å². The highest BCUT2D eigenvalue weighted by Gasteiger charge is 2.22. The molecular formula is C20H23ClN6O2S. The van der Waals surface area contributed by atoms with Crippen molar-refractivity contribution in [3.63, 3.8) is 0 Å².